The van der Waals surface area contributed by atoms with Crippen LogP contribution in [0.15, 0.2) is 0 Å². The molecule has 0 aromatic rings. The number of unbranched alkanes of at least 4 members (excludes halogenated alkanes) is 8. The zero-order chi connectivity index (χ0) is 18.8. The maximum Gasteiger partial charge on any atom is 1.00 e. The number of hydrogen-bond acceptors (Lipinski definition) is 6. The van der Waals surface area contributed by atoms with Crippen LogP contribution in [0.5, 0.6) is 0 Å². The van der Waals surface area contributed by atoms with Crippen LogP contribution in [0.2, 0.25) is 0 Å². The predicted octanol–water partition coefficient (Wildman–Crippen LogP) is -0.733. The Morgan fingerprint density at radius 2 is 1.40 bits per heavy atom. The zero-order valence-electron chi connectivity index (χ0n) is 16.4. The third-order valence-electron chi connectivity index (χ3n) is 3.13. The van der Waals surface area contributed by atoms with Crippen LogP contribution in [-0.2, 0) is 19.9 Å². The molecule has 0 aromatic carbocycles. The molecule has 0 aliphatic carbocycles. The molecule has 0 rings (SSSR count). The van der Waals surface area contributed by atoms with E-state index >= 15 is 0 Å². The zero-order valence-corrected chi connectivity index (χ0v) is 18.2. The van der Waals surface area contributed by atoms with Crippen molar-refractivity contribution in [2.75, 3.05) is 13.2 Å². The maximum atomic E-state index is 11.3. The van der Waals surface area contributed by atoms with Gasteiger partial charge in [-0.3, -0.25) is 13.9 Å². The largest absolute Gasteiger partial charge is 1.00 e. The molecule has 1 atom stereocenters. The molecule has 8 nitrogen and oxygen atoms in total. The first-order chi connectivity index (χ1) is 11.2. The Morgan fingerprint density at radius 1 is 1.00 bits per heavy atom. The molecule has 0 radical (unpaired) electrons. The van der Waals surface area contributed by atoms with Crippen molar-refractivity contribution in [1.82, 2.24) is 0 Å². The first-order valence-electron chi connectivity index (χ1n) is 8.35. The molecule has 0 fully saturated rings. The number of rotatable bonds is 13. The van der Waals surface area contributed by atoms with E-state index in [9.17, 15) is 4.79 Å². The third-order valence-corrected chi connectivity index (χ3v) is 3.13. The van der Waals surface area contributed by atoms with Gasteiger partial charge in [0.05, 0.1) is 6.61 Å². The van der Waals surface area contributed by atoms with E-state index in [1.165, 1.54) is 44.9 Å². The summed E-state index contributed by atoms with van der Waals surface area (Å²) in [6.45, 7) is 1.75. The van der Waals surface area contributed by atoms with Gasteiger partial charge in [-0.1, -0.05) is 58.3 Å². The van der Waals surface area contributed by atoms with Crippen LogP contribution in [-0.4, -0.2) is 53.0 Å². The Balaban J connectivity index is -0.000000304. The summed E-state index contributed by atoms with van der Waals surface area (Å²) in [5, 5.41) is 17.6. The molecular weight excluding hydrogens is 363 g/mol. The molecule has 148 valence electrons. The van der Waals surface area contributed by atoms with Gasteiger partial charge in [-0.05, 0) is 6.42 Å². The average molecular weight is 396 g/mol. The molecule has 10 heteroatoms. The fourth-order valence-electron chi connectivity index (χ4n) is 1.89. The van der Waals surface area contributed by atoms with Crippen molar-refractivity contribution < 1.29 is 68.3 Å². The van der Waals surface area contributed by atoms with E-state index in [4.69, 9.17) is 32.5 Å². The van der Waals surface area contributed by atoms with Crippen LogP contribution in [0, 0.1) is 0 Å². The van der Waals surface area contributed by atoms with Gasteiger partial charge >= 0.3 is 45.9 Å². The molecule has 0 spiro atoms. The maximum absolute atomic E-state index is 11.3. The van der Waals surface area contributed by atoms with E-state index in [1.54, 1.807) is 0 Å². The number of ether oxygens (including phenoxy) is 1. The molecule has 0 aliphatic rings. The Morgan fingerprint density at radius 3 is 1.80 bits per heavy atom. The van der Waals surface area contributed by atoms with Crippen LogP contribution >= 0.6 is 0 Å². The smallest absolute Gasteiger partial charge is 1.00 e. The fraction of sp³-hybridized carbons (Fsp3) is 0.933. The molecule has 0 saturated carbocycles. The summed E-state index contributed by atoms with van der Waals surface area (Å²) in [7, 11) is -4.67. The summed E-state index contributed by atoms with van der Waals surface area (Å²) < 4.78 is 36.4. The number of esters is 1. The minimum atomic E-state index is -4.67. The van der Waals surface area contributed by atoms with Gasteiger partial charge in [-0.2, -0.15) is 8.42 Å². The van der Waals surface area contributed by atoms with E-state index in [2.05, 4.69) is 6.92 Å². The van der Waals surface area contributed by atoms with Crippen LogP contribution in [0.1, 0.15) is 72.6 Å². The van der Waals surface area contributed by atoms with Crippen LogP contribution in [0.25, 0.3) is 0 Å². The van der Waals surface area contributed by atoms with Gasteiger partial charge in [0.25, 0.3) is 0 Å². The first kappa shape index (κ1) is 30.0. The Kier molecular flexibility index (Phi) is 24.7. The number of hydrogen-bond donors (Lipinski definition) is 4. The van der Waals surface area contributed by atoms with E-state index in [-0.39, 0.29) is 50.2 Å². The Hall–Kier alpha value is 0.260. The Bertz CT molecular complexity index is 387. The average Bonchev–Trinajstić information content (AvgIpc) is 2.49. The van der Waals surface area contributed by atoms with Crippen molar-refractivity contribution >= 4 is 16.4 Å². The van der Waals surface area contributed by atoms with Crippen molar-refractivity contribution in [2.24, 2.45) is 0 Å². The van der Waals surface area contributed by atoms with Gasteiger partial charge < -0.3 is 16.4 Å². The molecule has 25 heavy (non-hydrogen) atoms. The number of carbonyl (C=O) groups excluding carboxylic acids is 1. The van der Waals surface area contributed by atoms with Gasteiger partial charge in [0.15, 0.2) is 0 Å². The minimum absolute atomic E-state index is 0. The molecular formula is C15H33NaO8S. The van der Waals surface area contributed by atoms with Gasteiger partial charge in [-0.15, -0.1) is 0 Å². The van der Waals surface area contributed by atoms with E-state index in [0.29, 0.717) is 6.42 Å². The number of aliphatic hydroxyl groups is 2. The SMILES string of the molecule is CCCCCCCCCCCC(=O)OCC(O)CO.O=S(=O)(O)O.[H-].[Na+]. The second-order valence-corrected chi connectivity index (χ2v) is 6.44. The van der Waals surface area contributed by atoms with Gasteiger partial charge in [0, 0.05) is 6.42 Å². The predicted molar refractivity (Wildman–Crippen MR) is 91.2 cm³/mol. The molecule has 1 unspecified atom stereocenters. The van der Waals surface area contributed by atoms with E-state index in [0.717, 1.165) is 12.8 Å². The molecule has 0 aliphatic heterocycles. The van der Waals surface area contributed by atoms with E-state index < -0.39 is 16.5 Å². The van der Waals surface area contributed by atoms with E-state index in [1.807, 2.05) is 0 Å². The minimum Gasteiger partial charge on any atom is -1.00 e. The van der Waals surface area contributed by atoms with Crippen LogP contribution in [0.3, 0.4) is 0 Å². The first-order valence-corrected chi connectivity index (χ1v) is 9.74. The van der Waals surface area contributed by atoms with Crippen molar-refractivity contribution in [2.45, 2.75) is 77.2 Å². The summed E-state index contributed by atoms with van der Waals surface area (Å²) in [6, 6.07) is 0. The summed E-state index contributed by atoms with van der Waals surface area (Å²) in [4.78, 5) is 11.3. The normalized spacial score (nSPS) is 11.7. The molecule has 4 N–H and O–H groups in total. The topological polar surface area (TPSA) is 141 Å². The second kappa shape index (κ2) is 20.6. The number of aliphatic hydroxyl groups excluding tert-OH is 2. The van der Waals surface area contributed by atoms with Crippen molar-refractivity contribution in [3.63, 3.8) is 0 Å². The summed E-state index contributed by atoms with van der Waals surface area (Å²) >= 11 is 0. The van der Waals surface area contributed by atoms with Gasteiger partial charge in [-0.25, -0.2) is 0 Å². The monoisotopic (exact) mass is 396 g/mol. The molecule has 0 bridgehead atoms. The van der Waals surface area contributed by atoms with Gasteiger partial charge in [0.1, 0.15) is 12.7 Å². The van der Waals surface area contributed by atoms with Crippen molar-refractivity contribution in [1.29, 1.82) is 0 Å². The molecule has 0 aromatic heterocycles. The van der Waals surface area contributed by atoms with Crippen molar-refractivity contribution in [3.05, 3.63) is 0 Å². The van der Waals surface area contributed by atoms with Crippen LogP contribution < -0.4 is 29.6 Å². The summed E-state index contributed by atoms with van der Waals surface area (Å²) in [5.74, 6) is -0.282. The van der Waals surface area contributed by atoms with Crippen LogP contribution in [0.4, 0.5) is 0 Å². The molecule has 0 saturated heterocycles. The summed E-state index contributed by atoms with van der Waals surface area (Å²) in [6.07, 6.45) is 10.4. The van der Waals surface area contributed by atoms with Crippen molar-refractivity contribution in [3.8, 4) is 0 Å². The standard InChI is InChI=1S/C15H30O4.Na.H2O4S.H/c1-2-3-4-5-6-7-8-9-10-11-15(18)19-13-14(17)12-16;;1-5(2,3)4;/h14,16-17H,2-13H2,1H3;;(H2,1,2,3,4);/q;+1;;-1. The number of carbonyl (C=O) groups is 1. The molecule has 0 heterocycles. The summed E-state index contributed by atoms with van der Waals surface area (Å²) in [5.41, 5.74) is 0. The van der Waals surface area contributed by atoms with Gasteiger partial charge in [0.2, 0.25) is 0 Å². The molecule has 0 amide bonds. The second-order valence-electron chi connectivity index (χ2n) is 5.55. The quantitative estimate of drug-likeness (QED) is 0.138. The fourth-order valence-corrected chi connectivity index (χ4v) is 1.89. The third kappa shape index (κ3) is 36.1. The Labute approximate surface area is 174 Å².